The average Bonchev–Trinajstić information content (AvgIpc) is 3.07. The molecule has 0 bridgehead atoms. The Morgan fingerprint density at radius 2 is 2.12 bits per heavy atom. The zero-order valence-electron chi connectivity index (χ0n) is 14.2. The molecule has 4 aromatic rings. The molecule has 0 atom stereocenters. The first kappa shape index (κ1) is 15.5. The molecule has 3 heterocycles. The van der Waals surface area contributed by atoms with Crippen molar-refractivity contribution < 1.29 is 4.74 Å². The number of rotatable bonds is 3. The molecule has 1 aromatic carbocycles. The van der Waals surface area contributed by atoms with E-state index in [1.54, 1.807) is 48.1 Å². The van der Waals surface area contributed by atoms with Gasteiger partial charge >= 0.3 is 0 Å². The molecule has 132 valence electrons. The summed E-state index contributed by atoms with van der Waals surface area (Å²) in [6.45, 7) is 0. The van der Waals surface area contributed by atoms with E-state index in [9.17, 15) is 4.79 Å². The lowest BCUT2D eigenvalue weighted by atomic mass is 10.2. The summed E-state index contributed by atoms with van der Waals surface area (Å²) < 4.78 is 10.7. The molecule has 0 saturated heterocycles. The van der Waals surface area contributed by atoms with Gasteiger partial charge in [-0.25, -0.2) is 4.98 Å². The average molecular weight is 371 g/mol. The summed E-state index contributed by atoms with van der Waals surface area (Å²) in [7, 11) is 3.39. The Balaban J connectivity index is 1.85. The molecule has 1 aliphatic rings. The van der Waals surface area contributed by atoms with Crippen LogP contribution >= 0.6 is 11.6 Å². The smallest absolute Gasteiger partial charge is 0.261 e. The predicted octanol–water partition coefficient (Wildman–Crippen LogP) is 2.06. The van der Waals surface area contributed by atoms with Crippen molar-refractivity contribution in [3.8, 4) is 5.82 Å². The van der Waals surface area contributed by atoms with Crippen LogP contribution in [0, 0.1) is 0 Å². The Labute approximate surface area is 152 Å². The molecular formula is C17H15ClN6O2. The third-order valence-corrected chi connectivity index (χ3v) is 5.34. The molecule has 9 heteroatoms. The van der Waals surface area contributed by atoms with Gasteiger partial charge in [-0.2, -0.15) is 4.68 Å². The van der Waals surface area contributed by atoms with Gasteiger partial charge in [-0.05, 0) is 31.0 Å². The molecule has 0 spiro atoms. The minimum atomic E-state index is -0.372. The van der Waals surface area contributed by atoms with E-state index in [0.717, 1.165) is 24.1 Å². The number of aryl methyl sites for hydroxylation is 1. The van der Waals surface area contributed by atoms with Gasteiger partial charge < -0.3 is 4.74 Å². The highest BCUT2D eigenvalue weighted by atomic mass is 35.5. The van der Waals surface area contributed by atoms with E-state index in [1.807, 2.05) is 10.5 Å². The summed E-state index contributed by atoms with van der Waals surface area (Å²) in [5.74, 6) is 0.539. The van der Waals surface area contributed by atoms with Gasteiger partial charge in [-0.3, -0.25) is 13.8 Å². The first-order valence-electron chi connectivity index (χ1n) is 8.18. The SMILES string of the molecule is COC1(c2cnnn2-c2ncn3c4ccc(Cl)cc4c(=O)n(C)c23)CC1. The van der Waals surface area contributed by atoms with Crippen molar-refractivity contribution in [2.45, 2.75) is 18.4 Å². The van der Waals surface area contributed by atoms with Crippen LogP contribution in [0.3, 0.4) is 0 Å². The second kappa shape index (κ2) is 5.15. The standard InChI is InChI=1S/C17H15ClN6O2/c1-22-15-14(24-13(8-20-21-24)17(26-2)5-6-17)19-9-23(15)12-4-3-10(18)7-11(12)16(22)25/h3-4,7-9H,5-6H2,1-2H3. The van der Waals surface area contributed by atoms with Crippen molar-refractivity contribution in [1.82, 2.24) is 28.9 Å². The fourth-order valence-electron chi connectivity index (χ4n) is 3.52. The Hall–Kier alpha value is -2.71. The van der Waals surface area contributed by atoms with Crippen LogP contribution in [-0.4, -0.2) is 36.1 Å². The number of hydrogen-bond acceptors (Lipinski definition) is 5. The molecular weight excluding hydrogens is 356 g/mol. The van der Waals surface area contributed by atoms with Gasteiger partial charge in [-0.1, -0.05) is 16.8 Å². The molecule has 0 radical (unpaired) electrons. The van der Waals surface area contributed by atoms with E-state index >= 15 is 0 Å². The topological polar surface area (TPSA) is 79.2 Å². The number of imidazole rings is 1. The Morgan fingerprint density at radius 1 is 1.31 bits per heavy atom. The fraction of sp³-hybridized carbons (Fsp3) is 0.294. The van der Waals surface area contributed by atoms with Gasteiger partial charge in [0.2, 0.25) is 0 Å². The van der Waals surface area contributed by atoms with Gasteiger partial charge in [0.25, 0.3) is 5.56 Å². The summed E-state index contributed by atoms with van der Waals surface area (Å²) >= 11 is 6.07. The first-order chi connectivity index (χ1) is 12.6. The van der Waals surface area contributed by atoms with Crippen LogP contribution in [0.15, 0.2) is 35.5 Å². The van der Waals surface area contributed by atoms with Crippen molar-refractivity contribution >= 4 is 28.2 Å². The maximum absolute atomic E-state index is 12.9. The Kier molecular flexibility index (Phi) is 3.08. The van der Waals surface area contributed by atoms with Crippen molar-refractivity contribution in [3.63, 3.8) is 0 Å². The van der Waals surface area contributed by atoms with Crippen LogP contribution in [0.4, 0.5) is 0 Å². The van der Waals surface area contributed by atoms with E-state index in [0.29, 0.717) is 21.9 Å². The Bertz CT molecular complexity index is 1230. The normalized spacial score (nSPS) is 15.8. The van der Waals surface area contributed by atoms with Crippen molar-refractivity contribution in [2.75, 3.05) is 7.11 Å². The van der Waals surface area contributed by atoms with Gasteiger partial charge in [-0.15, -0.1) is 5.10 Å². The number of ether oxygens (including phenoxy) is 1. The molecule has 0 aliphatic heterocycles. The summed E-state index contributed by atoms with van der Waals surface area (Å²) in [4.78, 5) is 17.4. The van der Waals surface area contributed by atoms with Crippen LogP contribution in [0.5, 0.6) is 0 Å². The highest BCUT2D eigenvalue weighted by Gasteiger charge is 2.48. The lowest BCUT2D eigenvalue weighted by molar-refractivity contribution is 0.0729. The van der Waals surface area contributed by atoms with Crippen molar-refractivity contribution in [1.29, 1.82) is 0 Å². The summed E-state index contributed by atoms with van der Waals surface area (Å²) in [6.07, 6.45) is 5.19. The van der Waals surface area contributed by atoms with Crippen LogP contribution in [0.1, 0.15) is 18.5 Å². The lowest BCUT2D eigenvalue weighted by Gasteiger charge is -2.14. The minimum Gasteiger partial charge on any atom is -0.372 e. The molecule has 3 aromatic heterocycles. The summed E-state index contributed by atoms with van der Waals surface area (Å²) in [5, 5.41) is 9.30. The number of benzene rings is 1. The zero-order valence-corrected chi connectivity index (χ0v) is 14.9. The number of nitrogens with zero attached hydrogens (tertiary/aromatic N) is 6. The van der Waals surface area contributed by atoms with E-state index in [-0.39, 0.29) is 11.2 Å². The second-order valence-corrected chi connectivity index (χ2v) is 6.95. The van der Waals surface area contributed by atoms with Crippen molar-refractivity contribution in [2.24, 2.45) is 7.05 Å². The summed E-state index contributed by atoms with van der Waals surface area (Å²) in [6, 6.07) is 5.24. The number of aromatic nitrogens is 6. The van der Waals surface area contributed by atoms with E-state index in [1.165, 1.54) is 0 Å². The minimum absolute atomic E-state index is 0.147. The molecule has 1 fully saturated rings. The number of hydrogen-bond donors (Lipinski definition) is 0. The van der Waals surface area contributed by atoms with E-state index < -0.39 is 0 Å². The van der Waals surface area contributed by atoms with Gasteiger partial charge in [0.1, 0.15) is 11.9 Å². The van der Waals surface area contributed by atoms with Crippen LogP contribution in [0.25, 0.3) is 22.4 Å². The van der Waals surface area contributed by atoms with Crippen LogP contribution < -0.4 is 5.56 Å². The number of methoxy groups -OCH3 is 1. The third kappa shape index (κ3) is 1.94. The van der Waals surface area contributed by atoms with Gasteiger partial charge in [0.15, 0.2) is 11.5 Å². The van der Waals surface area contributed by atoms with Crippen LogP contribution in [-0.2, 0) is 17.4 Å². The predicted molar refractivity (Wildman–Crippen MR) is 95.8 cm³/mol. The van der Waals surface area contributed by atoms with Crippen molar-refractivity contribution in [3.05, 3.63) is 51.8 Å². The molecule has 0 N–H and O–H groups in total. The third-order valence-electron chi connectivity index (χ3n) is 5.11. The zero-order chi connectivity index (χ0) is 18.1. The molecule has 26 heavy (non-hydrogen) atoms. The molecule has 5 rings (SSSR count). The largest absolute Gasteiger partial charge is 0.372 e. The lowest BCUT2D eigenvalue weighted by Crippen LogP contribution is -2.21. The molecule has 0 unspecified atom stereocenters. The molecule has 8 nitrogen and oxygen atoms in total. The highest BCUT2D eigenvalue weighted by molar-refractivity contribution is 6.31. The van der Waals surface area contributed by atoms with Gasteiger partial charge in [0, 0.05) is 19.2 Å². The van der Waals surface area contributed by atoms with Gasteiger partial charge in [0.05, 0.1) is 22.8 Å². The molecule has 1 saturated carbocycles. The number of halogens is 1. The Morgan fingerprint density at radius 3 is 2.85 bits per heavy atom. The summed E-state index contributed by atoms with van der Waals surface area (Å²) in [5.41, 5.74) is 1.68. The quantitative estimate of drug-likeness (QED) is 0.551. The number of fused-ring (bicyclic) bond motifs is 3. The second-order valence-electron chi connectivity index (χ2n) is 6.52. The fourth-order valence-corrected chi connectivity index (χ4v) is 3.69. The van der Waals surface area contributed by atoms with E-state index in [4.69, 9.17) is 16.3 Å². The van der Waals surface area contributed by atoms with E-state index in [2.05, 4.69) is 15.3 Å². The molecule has 1 aliphatic carbocycles. The maximum Gasteiger partial charge on any atom is 0.261 e. The maximum atomic E-state index is 12.9. The molecule has 0 amide bonds. The highest BCUT2D eigenvalue weighted by Crippen LogP contribution is 2.48. The first-order valence-corrected chi connectivity index (χ1v) is 8.55. The van der Waals surface area contributed by atoms with Crippen LogP contribution in [0.2, 0.25) is 5.02 Å². The monoisotopic (exact) mass is 370 g/mol.